The topological polar surface area (TPSA) is 68.2 Å². The largest absolute Gasteiger partial charge is 0.377 e. The van der Waals surface area contributed by atoms with E-state index in [1.807, 2.05) is 20.9 Å². The molecule has 0 saturated carbocycles. The van der Waals surface area contributed by atoms with Gasteiger partial charge in [0.25, 0.3) is 0 Å². The summed E-state index contributed by atoms with van der Waals surface area (Å²) in [6.45, 7) is 5.70. The molecule has 0 bridgehead atoms. The molecular weight excluding hydrogens is 280 g/mol. The third kappa shape index (κ3) is 4.19. The number of nitrogens with one attached hydrogen (secondary N) is 2. The smallest absolute Gasteiger partial charge is 0.238 e. The van der Waals surface area contributed by atoms with Gasteiger partial charge in [-0.2, -0.15) is 5.10 Å². The van der Waals surface area contributed by atoms with Crippen LogP contribution in [0.4, 0.5) is 5.69 Å². The Morgan fingerprint density at radius 1 is 1.50 bits per heavy atom. The van der Waals surface area contributed by atoms with Crippen molar-refractivity contribution in [3.05, 3.63) is 11.4 Å². The van der Waals surface area contributed by atoms with Crippen molar-refractivity contribution in [1.82, 2.24) is 15.1 Å². The van der Waals surface area contributed by atoms with Crippen LogP contribution in [-0.4, -0.2) is 41.5 Å². The minimum absolute atomic E-state index is 0. The predicted octanol–water partition coefficient (Wildman–Crippen LogP) is 1.17. The van der Waals surface area contributed by atoms with Gasteiger partial charge in [0.15, 0.2) is 0 Å². The number of carbonyl (C=O) groups excluding carboxylic acids is 1. The second-order valence-corrected chi connectivity index (χ2v) is 4.98. The van der Waals surface area contributed by atoms with E-state index >= 15 is 0 Å². The number of aryl methyl sites for hydroxylation is 2. The molecule has 20 heavy (non-hydrogen) atoms. The summed E-state index contributed by atoms with van der Waals surface area (Å²) >= 11 is 0. The molecule has 1 fully saturated rings. The van der Waals surface area contributed by atoms with Gasteiger partial charge >= 0.3 is 0 Å². The molecule has 7 heteroatoms. The zero-order valence-electron chi connectivity index (χ0n) is 12.2. The molecule has 0 aliphatic carbocycles. The Balaban J connectivity index is 0.00000200. The number of aromatic nitrogens is 2. The molecule has 2 heterocycles. The number of carbonyl (C=O) groups is 1. The molecule has 6 nitrogen and oxygen atoms in total. The van der Waals surface area contributed by atoms with E-state index < -0.39 is 0 Å². The number of nitrogens with zero attached hydrogens (tertiary/aromatic N) is 2. The van der Waals surface area contributed by atoms with Crippen LogP contribution in [0.5, 0.6) is 0 Å². The second kappa shape index (κ2) is 7.61. The summed E-state index contributed by atoms with van der Waals surface area (Å²) in [7, 11) is 1.87. The molecule has 1 aromatic rings. The minimum Gasteiger partial charge on any atom is -0.377 e. The molecule has 1 atom stereocenters. The number of amides is 1. The first-order valence-corrected chi connectivity index (χ1v) is 6.70. The second-order valence-electron chi connectivity index (χ2n) is 4.98. The lowest BCUT2D eigenvalue weighted by Gasteiger charge is -2.11. The van der Waals surface area contributed by atoms with Crippen molar-refractivity contribution in [3.63, 3.8) is 0 Å². The van der Waals surface area contributed by atoms with Gasteiger partial charge in [-0.3, -0.25) is 9.48 Å². The van der Waals surface area contributed by atoms with Crippen molar-refractivity contribution in [2.24, 2.45) is 7.05 Å². The number of hydrogen-bond donors (Lipinski definition) is 2. The van der Waals surface area contributed by atoms with E-state index in [1.54, 1.807) is 4.68 Å². The maximum Gasteiger partial charge on any atom is 0.238 e. The fourth-order valence-electron chi connectivity index (χ4n) is 2.29. The van der Waals surface area contributed by atoms with E-state index in [0.29, 0.717) is 6.54 Å². The summed E-state index contributed by atoms with van der Waals surface area (Å²) in [6, 6.07) is 0. The van der Waals surface area contributed by atoms with Gasteiger partial charge < -0.3 is 15.4 Å². The summed E-state index contributed by atoms with van der Waals surface area (Å²) in [5.74, 6) is -0.0443. The van der Waals surface area contributed by atoms with Gasteiger partial charge in [-0.1, -0.05) is 0 Å². The molecule has 1 unspecified atom stereocenters. The Morgan fingerprint density at radius 2 is 2.25 bits per heavy atom. The highest BCUT2D eigenvalue weighted by Gasteiger charge is 2.16. The van der Waals surface area contributed by atoms with Crippen LogP contribution in [0.15, 0.2) is 0 Å². The zero-order chi connectivity index (χ0) is 13.8. The molecule has 2 N–H and O–H groups in total. The number of ether oxygens (including phenoxy) is 1. The van der Waals surface area contributed by atoms with Crippen LogP contribution in [0, 0.1) is 13.8 Å². The summed E-state index contributed by atoms with van der Waals surface area (Å²) < 4.78 is 7.26. The van der Waals surface area contributed by atoms with Crippen molar-refractivity contribution in [2.45, 2.75) is 32.8 Å². The summed E-state index contributed by atoms with van der Waals surface area (Å²) in [6.07, 6.45) is 2.46. The average molecular weight is 303 g/mol. The maximum atomic E-state index is 11.8. The van der Waals surface area contributed by atoms with Crippen LogP contribution in [0.1, 0.15) is 24.2 Å². The Labute approximate surface area is 125 Å². The van der Waals surface area contributed by atoms with Gasteiger partial charge in [0, 0.05) is 20.2 Å². The quantitative estimate of drug-likeness (QED) is 0.856. The van der Waals surface area contributed by atoms with Crippen LogP contribution < -0.4 is 10.6 Å². The number of hydrogen-bond acceptors (Lipinski definition) is 4. The van der Waals surface area contributed by atoms with E-state index in [1.165, 1.54) is 0 Å². The van der Waals surface area contributed by atoms with Crippen LogP contribution in [0.3, 0.4) is 0 Å². The molecule has 0 spiro atoms. The number of anilines is 1. The highest BCUT2D eigenvalue weighted by Crippen LogP contribution is 2.17. The Bertz CT molecular complexity index is 455. The molecule has 1 aliphatic rings. The Morgan fingerprint density at radius 3 is 2.80 bits per heavy atom. The lowest BCUT2D eigenvalue weighted by molar-refractivity contribution is -0.115. The fourth-order valence-corrected chi connectivity index (χ4v) is 2.29. The van der Waals surface area contributed by atoms with Crippen LogP contribution in [0.25, 0.3) is 0 Å². The van der Waals surface area contributed by atoms with Gasteiger partial charge in [0.2, 0.25) is 5.91 Å². The van der Waals surface area contributed by atoms with Crippen molar-refractivity contribution in [2.75, 3.05) is 25.0 Å². The zero-order valence-corrected chi connectivity index (χ0v) is 13.0. The molecule has 1 amide bonds. The van der Waals surface area contributed by atoms with Gasteiger partial charge in [-0.05, 0) is 26.7 Å². The molecular formula is C13H23ClN4O2. The summed E-state index contributed by atoms with van der Waals surface area (Å²) in [5, 5.41) is 10.3. The molecule has 114 valence electrons. The summed E-state index contributed by atoms with van der Waals surface area (Å²) in [5.41, 5.74) is 2.61. The highest BCUT2D eigenvalue weighted by atomic mass is 35.5. The van der Waals surface area contributed by atoms with Crippen molar-refractivity contribution >= 4 is 24.0 Å². The Kier molecular flexibility index (Phi) is 6.45. The van der Waals surface area contributed by atoms with Crippen molar-refractivity contribution in [1.29, 1.82) is 0 Å². The van der Waals surface area contributed by atoms with Crippen LogP contribution in [0.2, 0.25) is 0 Å². The molecule has 1 aliphatic heterocycles. The molecule has 1 aromatic heterocycles. The van der Waals surface area contributed by atoms with Gasteiger partial charge in [0.1, 0.15) is 0 Å². The maximum absolute atomic E-state index is 11.8. The van der Waals surface area contributed by atoms with Gasteiger partial charge in [-0.25, -0.2) is 0 Å². The SMILES string of the molecule is Cc1nn(C)c(C)c1NC(=O)CNCC1CCCO1.Cl. The van der Waals surface area contributed by atoms with Crippen LogP contribution >= 0.6 is 12.4 Å². The third-order valence-electron chi connectivity index (χ3n) is 3.45. The third-order valence-corrected chi connectivity index (χ3v) is 3.45. The normalized spacial score (nSPS) is 17.9. The first-order valence-electron chi connectivity index (χ1n) is 6.70. The van der Waals surface area contributed by atoms with Crippen molar-refractivity contribution < 1.29 is 9.53 Å². The highest BCUT2D eigenvalue weighted by molar-refractivity contribution is 5.93. The van der Waals surface area contributed by atoms with E-state index in [9.17, 15) is 4.79 Å². The first kappa shape index (κ1) is 16.9. The molecule has 0 radical (unpaired) electrons. The van der Waals surface area contributed by atoms with E-state index in [-0.39, 0.29) is 24.4 Å². The Hall–Kier alpha value is -1.11. The summed E-state index contributed by atoms with van der Waals surface area (Å²) in [4.78, 5) is 11.8. The van der Waals surface area contributed by atoms with E-state index in [0.717, 1.165) is 43.1 Å². The van der Waals surface area contributed by atoms with E-state index in [4.69, 9.17) is 4.74 Å². The fraction of sp³-hybridized carbons (Fsp3) is 0.692. The minimum atomic E-state index is -0.0443. The number of halogens is 1. The molecule has 0 aromatic carbocycles. The van der Waals surface area contributed by atoms with Gasteiger partial charge in [-0.15, -0.1) is 12.4 Å². The number of rotatable bonds is 5. The molecule has 1 saturated heterocycles. The lowest BCUT2D eigenvalue weighted by atomic mass is 10.2. The lowest BCUT2D eigenvalue weighted by Crippen LogP contribution is -2.33. The molecule has 2 rings (SSSR count). The first-order chi connectivity index (χ1) is 9.08. The van der Waals surface area contributed by atoms with Crippen molar-refractivity contribution in [3.8, 4) is 0 Å². The predicted molar refractivity (Wildman–Crippen MR) is 80.4 cm³/mol. The monoisotopic (exact) mass is 302 g/mol. The van der Waals surface area contributed by atoms with E-state index in [2.05, 4.69) is 15.7 Å². The van der Waals surface area contributed by atoms with Gasteiger partial charge in [0.05, 0.1) is 29.7 Å². The average Bonchev–Trinajstić information content (AvgIpc) is 2.94. The standard InChI is InChI=1S/C13H22N4O2.ClH/c1-9-13(10(2)17(3)16-9)15-12(18)8-14-7-11-5-4-6-19-11;/h11,14H,4-8H2,1-3H3,(H,15,18);1H. The van der Waals surface area contributed by atoms with Crippen LogP contribution in [-0.2, 0) is 16.6 Å².